The Morgan fingerprint density at radius 1 is 1.04 bits per heavy atom. The molecule has 0 unspecified atom stereocenters. The first-order valence-corrected chi connectivity index (χ1v) is 8.00. The van der Waals surface area contributed by atoms with E-state index in [0.29, 0.717) is 29.7 Å². The van der Waals surface area contributed by atoms with Crippen molar-refractivity contribution in [2.45, 2.75) is 33.1 Å². The maximum absolute atomic E-state index is 13.7. The topological polar surface area (TPSA) is 29.1 Å². The van der Waals surface area contributed by atoms with Crippen molar-refractivity contribution in [3.8, 4) is 0 Å². The summed E-state index contributed by atoms with van der Waals surface area (Å²) in [5.41, 5.74) is 2.26. The maximum atomic E-state index is 13.7. The Morgan fingerprint density at radius 3 is 2.39 bits per heavy atom. The Labute approximate surface area is 139 Å². The van der Waals surface area contributed by atoms with Crippen LogP contribution >= 0.6 is 11.6 Å². The van der Waals surface area contributed by atoms with Gasteiger partial charge in [0.05, 0.1) is 5.02 Å². The molecule has 2 nitrogen and oxygen atoms in total. The number of benzene rings is 2. The van der Waals surface area contributed by atoms with Crippen LogP contribution in [-0.2, 0) is 12.8 Å². The number of hydrogen-bond acceptors (Lipinski definition) is 1. The SMILES string of the molecule is CC.O=C(Nc1ccc(F)c(Cl)c1)c1ccc(F)c2c1CCC2. The van der Waals surface area contributed by atoms with Crippen LogP contribution in [0.2, 0.25) is 5.02 Å². The highest BCUT2D eigenvalue weighted by Gasteiger charge is 2.22. The van der Waals surface area contributed by atoms with Gasteiger partial charge in [-0.05, 0) is 60.7 Å². The van der Waals surface area contributed by atoms with Crippen molar-refractivity contribution in [3.05, 3.63) is 63.7 Å². The fourth-order valence-corrected chi connectivity index (χ4v) is 2.83. The number of amides is 1. The van der Waals surface area contributed by atoms with Crippen LogP contribution in [0.4, 0.5) is 14.5 Å². The van der Waals surface area contributed by atoms with E-state index >= 15 is 0 Å². The molecule has 122 valence electrons. The van der Waals surface area contributed by atoms with Crippen molar-refractivity contribution in [2.24, 2.45) is 0 Å². The molecule has 0 saturated heterocycles. The molecule has 0 atom stereocenters. The quantitative estimate of drug-likeness (QED) is 0.782. The lowest BCUT2D eigenvalue weighted by Crippen LogP contribution is -2.14. The zero-order valence-electron chi connectivity index (χ0n) is 13.1. The molecule has 0 fully saturated rings. The highest BCUT2D eigenvalue weighted by atomic mass is 35.5. The molecular weight excluding hydrogens is 320 g/mol. The summed E-state index contributed by atoms with van der Waals surface area (Å²) in [6.45, 7) is 4.00. The highest BCUT2D eigenvalue weighted by Crippen LogP contribution is 2.28. The van der Waals surface area contributed by atoms with Crippen LogP contribution in [0.3, 0.4) is 0 Å². The lowest BCUT2D eigenvalue weighted by Gasteiger charge is -2.10. The van der Waals surface area contributed by atoms with Crippen LogP contribution < -0.4 is 5.32 Å². The van der Waals surface area contributed by atoms with Gasteiger partial charge in [0.2, 0.25) is 0 Å². The van der Waals surface area contributed by atoms with Gasteiger partial charge in [-0.15, -0.1) is 0 Å². The first-order valence-electron chi connectivity index (χ1n) is 7.63. The minimum absolute atomic E-state index is 0.0582. The largest absolute Gasteiger partial charge is 0.322 e. The smallest absolute Gasteiger partial charge is 0.255 e. The molecule has 0 radical (unpaired) electrons. The summed E-state index contributed by atoms with van der Waals surface area (Å²) in [5.74, 6) is -1.14. The van der Waals surface area contributed by atoms with Crippen molar-refractivity contribution in [3.63, 3.8) is 0 Å². The molecule has 0 aromatic heterocycles. The molecular formula is C18H18ClF2NO. The Bertz CT molecular complexity index is 731. The van der Waals surface area contributed by atoms with E-state index in [-0.39, 0.29) is 16.7 Å². The number of fused-ring (bicyclic) bond motifs is 1. The van der Waals surface area contributed by atoms with Crippen LogP contribution in [-0.4, -0.2) is 5.91 Å². The molecule has 0 aliphatic heterocycles. The number of nitrogens with one attached hydrogen (secondary N) is 1. The molecule has 2 aromatic rings. The first kappa shape index (κ1) is 17.4. The van der Waals surface area contributed by atoms with Crippen molar-refractivity contribution < 1.29 is 13.6 Å². The van der Waals surface area contributed by atoms with Gasteiger partial charge >= 0.3 is 0 Å². The fourth-order valence-electron chi connectivity index (χ4n) is 2.65. The number of rotatable bonds is 2. The minimum atomic E-state index is -0.544. The zero-order chi connectivity index (χ0) is 17.0. The average molecular weight is 338 g/mol. The highest BCUT2D eigenvalue weighted by molar-refractivity contribution is 6.31. The Balaban J connectivity index is 0.000000924. The summed E-state index contributed by atoms with van der Waals surface area (Å²) in [6, 6.07) is 6.77. The summed E-state index contributed by atoms with van der Waals surface area (Å²) in [5, 5.41) is 2.60. The van der Waals surface area contributed by atoms with Crippen molar-refractivity contribution in [1.29, 1.82) is 0 Å². The van der Waals surface area contributed by atoms with Gasteiger partial charge in [-0.3, -0.25) is 4.79 Å². The summed E-state index contributed by atoms with van der Waals surface area (Å²) < 4.78 is 26.8. The van der Waals surface area contributed by atoms with E-state index in [2.05, 4.69) is 5.32 Å². The molecule has 1 amide bonds. The van der Waals surface area contributed by atoms with Gasteiger partial charge in [0.1, 0.15) is 11.6 Å². The molecule has 5 heteroatoms. The monoisotopic (exact) mass is 337 g/mol. The standard InChI is InChI=1S/C16H12ClF2NO.C2H6/c17-13-8-9(4-6-15(13)19)20-16(21)12-5-7-14(18)11-3-1-2-10(11)12;1-2/h4-8H,1-3H2,(H,20,21);1-2H3. The van der Waals surface area contributed by atoms with Crippen LogP contribution in [0.1, 0.15) is 41.8 Å². The summed E-state index contributed by atoms with van der Waals surface area (Å²) in [7, 11) is 0. The van der Waals surface area contributed by atoms with Gasteiger partial charge in [0.15, 0.2) is 0 Å². The molecule has 23 heavy (non-hydrogen) atoms. The predicted molar refractivity (Wildman–Crippen MR) is 89.1 cm³/mol. The third-order valence-corrected chi connectivity index (χ3v) is 3.94. The van der Waals surface area contributed by atoms with Crippen LogP contribution in [0.15, 0.2) is 30.3 Å². The molecule has 3 rings (SSSR count). The number of halogens is 3. The van der Waals surface area contributed by atoms with Gasteiger partial charge in [-0.25, -0.2) is 8.78 Å². The second-order valence-corrected chi connectivity index (χ2v) is 5.40. The summed E-state index contributed by atoms with van der Waals surface area (Å²) in [4.78, 5) is 12.3. The molecule has 2 aromatic carbocycles. The third kappa shape index (κ3) is 3.70. The van der Waals surface area contributed by atoms with E-state index in [4.69, 9.17) is 11.6 Å². The molecule has 1 aliphatic carbocycles. The zero-order valence-corrected chi connectivity index (χ0v) is 13.8. The lowest BCUT2D eigenvalue weighted by atomic mass is 10.0. The van der Waals surface area contributed by atoms with E-state index in [0.717, 1.165) is 12.0 Å². The molecule has 0 spiro atoms. The summed E-state index contributed by atoms with van der Waals surface area (Å²) >= 11 is 5.68. The van der Waals surface area contributed by atoms with Crippen LogP contribution in [0, 0.1) is 11.6 Å². The van der Waals surface area contributed by atoms with E-state index in [1.807, 2.05) is 13.8 Å². The second kappa shape index (κ2) is 7.55. The van der Waals surface area contributed by atoms with E-state index in [9.17, 15) is 13.6 Å². The third-order valence-electron chi connectivity index (χ3n) is 3.65. The van der Waals surface area contributed by atoms with Crippen molar-refractivity contribution in [1.82, 2.24) is 0 Å². The maximum Gasteiger partial charge on any atom is 0.255 e. The van der Waals surface area contributed by atoms with E-state index in [1.54, 1.807) is 0 Å². The number of anilines is 1. The molecule has 1 N–H and O–H groups in total. The van der Waals surface area contributed by atoms with E-state index in [1.165, 1.54) is 30.3 Å². The number of carbonyl (C=O) groups excluding carboxylic acids is 1. The van der Waals surface area contributed by atoms with Gasteiger partial charge in [-0.2, -0.15) is 0 Å². The van der Waals surface area contributed by atoms with Gasteiger partial charge in [0.25, 0.3) is 5.91 Å². The summed E-state index contributed by atoms with van der Waals surface area (Å²) in [6.07, 6.45) is 2.20. The number of carbonyl (C=O) groups is 1. The Kier molecular flexibility index (Phi) is 5.72. The van der Waals surface area contributed by atoms with E-state index < -0.39 is 5.82 Å². The van der Waals surface area contributed by atoms with Crippen molar-refractivity contribution in [2.75, 3.05) is 5.32 Å². The Hall–Kier alpha value is -1.94. The molecule has 0 bridgehead atoms. The molecule has 0 saturated carbocycles. The van der Waals surface area contributed by atoms with Crippen LogP contribution in [0.25, 0.3) is 0 Å². The van der Waals surface area contributed by atoms with Crippen LogP contribution in [0.5, 0.6) is 0 Å². The van der Waals surface area contributed by atoms with Gasteiger partial charge in [0, 0.05) is 11.3 Å². The van der Waals surface area contributed by atoms with Gasteiger partial charge < -0.3 is 5.32 Å². The Morgan fingerprint density at radius 2 is 1.70 bits per heavy atom. The average Bonchev–Trinajstić information content (AvgIpc) is 3.03. The van der Waals surface area contributed by atoms with Crippen molar-refractivity contribution >= 4 is 23.2 Å². The molecule has 0 heterocycles. The van der Waals surface area contributed by atoms with Gasteiger partial charge in [-0.1, -0.05) is 25.4 Å². The lowest BCUT2D eigenvalue weighted by molar-refractivity contribution is 0.102. The number of hydrogen-bond donors (Lipinski definition) is 1. The second-order valence-electron chi connectivity index (χ2n) is 4.99. The predicted octanol–water partition coefficient (Wildman–Crippen LogP) is 5.39. The first-order chi connectivity index (χ1) is 11.1. The normalized spacial score (nSPS) is 12.2. The fraction of sp³-hybridized carbons (Fsp3) is 0.278. The minimum Gasteiger partial charge on any atom is -0.322 e. The molecule has 1 aliphatic rings.